The number of benzene rings is 1. The summed E-state index contributed by atoms with van der Waals surface area (Å²) in [6.45, 7) is 0.950. The maximum absolute atomic E-state index is 10.7. The Bertz CT molecular complexity index is 555. The van der Waals surface area contributed by atoms with Gasteiger partial charge in [0.05, 0.1) is 18.1 Å². The van der Waals surface area contributed by atoms with E-state index in [0.717, 1.165) is 12.0 Å². The number of nitro benzene ring substituents is 1. The minimum absolute atomic E-state index is 0.0700. The van der Waals surface area contributed by atoms with Crippen LogP contribution in [-0.4, -0.2) is 11.5 Å². The number of thiophene rings is 1. The summed E-state index contributed by atoms with van der Waals surface area (Å²) in [7, 11) is 0. The number of hydrogen-bond donors (Lipinski definition) is 1. The first-order valence-corrected chi connectivity index (χ1v) is 6.67. The molecule has 0 unspecified atom stereocenters. The highest BCUT2D eigenvalue weighted by atomic mass is 32.1. The summed E-state index contributed by atoms with van der Waals surface area (Å²) >= 11 is 1.69. The predicted molar refractivity (Wildman–Crippen MR) is 75.2 cm³/mol. The highest BCUT2D eigenvalue weighted by Gasteiger charge is 2.11. The Labute approximate surface area is 114 Å². The lowest BCUT2D eigenvalue weighted by molar-refractivity contribution is -0.384. The summed E-state index contributed by atoms with van der Waals surface area (Å²) < 4.78 is 5.51. The lowest BCUT2D eigenvalue weighted by atomic mass is 10.2. The highest BCUT2D eigenvalue weighted by Crippen LogP contribution is 2.22. The largest absolute Gasteiger partial charge is 0.393 e. The van der Waals surface area contributed by atoms with Gasteiger partial charge >= 0.3 is 0 Å². The van der Waals surface area contributed by atoms with E-state index in [1.807, 2.05) is 11.4 Å². The van der Waals surface area contributed by atoms with Crippen molar-refractivity contribution in [1.29, 1.82) is 0 Å². The number of nitrogen functional groups attached to an aromatic ring is 1. The van der Waals surface area contributed by atoms with Gasteiger partial charge in [-0.15, -0.1) is 11.3 Å². The number of nitrogens with two attached hydrogens (primary N) is 1. The van der Waals surface area contributed by atoms with Crippen molar-refractivity contribution in [3.8, 4) is 0 Å². The van der Waals surface area contributed by atoms with E-state index >= 15 is 0 Å². The van der Waals surface area contributed by atoms with Crippen LogP contribution in [0.2, 0.25) is 0 Å². The van der Waals surface area contributed by atoms with Gasteiger partial charge in [-0.05, 0) is 23.1 Å². The lowest BCUT2D eigenvalue weighted by Gasteiger charge is -2.04. The predicted octanol–water partition coefficient (Wildman–Crippen LogP) is 3.00. The fraction of sp³-hybridized carbons (Fsp3) is 0.231. The Morgan fingerprint density at radius 2 is 2.21 bits per heavy atom. The third-order valence-corrected chi connectivity index (χ3v) is 3.57. The van der Waals surface area contributed by atoms with E-state index in [2.05, 4.69) is 6.07 Å². The first-order chi connectivity index (χ1) is 9.16. The Kier molecular flexibility index (Phi) is 4.48. The van der Waals surface area contributed by atoms with Gasteiger partial charge < -0.3 is 10.5 Å². The number of nitrogens with zero attached hydrogens (tertiary/aromatic N) is 1. The highest BCUT2D eigenvalue weighted by molar-refractivity contribution is 7.09. The van der Waals surface area contributed by atoms with E-state index in [1.54, 1.807) is 17.4 Å². The van der Waals surface area contributed by atoms with Gasteiger partial charge in [0.15, 0.2) is 0 Å². The maximum Gasteiger partial charge on any atom is 0.292 e. The van der Waals surface area contributed by atoms with Crippen molar-refractivity contribution < 1.29 is 9.66 Å². The maximum atomic E-state index is 10.7. The van der Waals surface area contributed by atoms with Crippen LogP contribution in [0.25, 0.3) is 0 Å². The van der Waals surface area contributed by atoms with Crippen molar-refractivity contribution in [3.63, 3.8) is 0 Å². The first-order valence-electron chi connectivity index (χ1n) is 5.80. The molecule has 0 saturated heterocycles. The molecular formula is C13H14N2O3S. The fourth-order valence-corrected chi connectivity index (χ4v) is 2.35. The zero-order valence-electron chi connectivity index (χ0n) is 10.2. The summed E-state index contributed by atoms with van der Waals surface area (Å²) in [5.74, 6) is 0. The van der Waals surface area contributed by atoms with Crippen LogP contribution >= 0.6 is 11.3 Å². The second-order valence-corrected chi connectivity index (χ2v) is 5.06. The summed E-state index contributed by atoms with van der Waals surface area (Å²) in [5, 5.41) is 12.8. The van der Waals surface area contributed by atoms with Gasteiger partial charge in [0.1, 0.15) is 5.69 Å². The van der Waals surface area contributed by atoms with Crippen molar-refractivity contribution >= 4 is 22.7 Å². The average molecular weight is 278 g/mol. The van der Waals surface area contributed by atoms with Crippen LogP contribution in [0.3, 0.4) is 0 Å². The zero-order chi connectivity index (χ0) is 13.7. The van der Waals surface area contributed by atoms with Crippen molar-refractivity contribution in [1.82, 2.24) is 0 Å². The van der Waals surface area contributed by atoms with Crippen LogP contribution in [0.15, 0.2) is 35.7 Å². The van der Waals surface area contributed by atoms with Crippen molar-refractivity contribution in [2.75, 3.05) is 12.3 Å². The molecule has 0 radical (unpaired) electrons. The molecule has 5 nitrogen and oxygen atoms in total. The van der Waals surface area contributed by atoms with Crippen LogP contribution in [-0.2, 0) is 17.8 Å². The summed E-state index contributed by atoms with van der Waals surface area (Å²) in [4.78, 5) is 11.5. The molecule has 100 valence electrons. The molecule has 6 heteroatoms. The molecule has 0 aliphatic rings. The minimum atomic E-state index is -0.482. The van der Waals surface area contributed by atoms with Gasteiger partial charge in [0, 0.05) is 17.4 Å². The van der Waals surface area contributed by atoms with Gasteiger partial charge in [0.25, 0.3) is 5.69 Å². The normalized spacial score (nSPS) is 10.5. The van der Waals surface area contributed by atoms with Crippen LogP contribution in [0, 0.1) is 10.1 Å². The number of hydrogen-bond acceptors (Lipinski definition) is 5. The fourth-order valence-electron chi connectivity index (χ4n) is 1.65. The average Bonchev–Trinajstić information content (AvgIpc) is 2.89. The number of anilines is 1. The lowest BCUT2D eigenvalue weighted by Crippen LogP contribution is -2.00. The van der Waals surface area contributed by atoms with Gasteiger partial charge in [-0.1, -0.05) is 12.1 Å². The SMILES string of the molecule is Nc1ccc(COCCc2cccs2)cc1[N+](=O)[O-]. The summed E-state index contributed by atoms with van der Waals surface area (Å²) in [6, 6.07) is 8.80. The second kappa shape index (κ2) is 6.31. The molecule has 19 heavy (non-hydrogen) atoms. The summed E-state index contributed by atoms with van der Waals surface area (Å²) in [5.41, 5.74) is 6.39. The molecule has 2 rings (SSSR count). The quantitative estimate of drug-likeness (QED) is 0.381. The van der Waals surface area contributed by atoms with Gasteiger partial charge in [-0.3, -0.25) is 10.1 Å². The molecule has 2 N–H and O–H groups in total. The molecule has 0 spiro atoms. The van der Waals surface area contributed by atoms with Crippen LogP contribution < -0.4 is 5.73 Å². The van der Waals surface area contributed by atoms with E-state index < -0.39 is 4.92 Å². The zero-order valence-corrected chi connectivity index (χ0v) is 11.1. The van der Waals surface area contributed by atoms with E-state index in [1.165, 1.54) is 17.0 Å². The molecule has 0 aliphatic heterocycles. The third kappa shape index (κ3) is 3.77. The summed E-state index contributed by atoms with van der Waals surface area (Å²) in [6.07, 6.45) is 0.856. The van der Waals surface area contributed by atoms with Gasteiger partial charge in [-0.25, -0.2) is 0 Å². The number of rotatable bonds is 6. The van der Waals surface area contributed by atoms with E-state index in [0.29, 0.717) is 13.2 Å². The molecule has 1 heterocycles. The van der Waals surface area contributed by atoms with Crippen molar-refractivity contribution in [3.05, 3.63) is 56.3 Å². The van der Waals surface area contributed by atoms with Gasteiger partial charge in [-0.2, -0.15) is 0 Å². The molecule has 0 saturated carbocycles. The molecule has 0 amide bonds. The second-order valence-electron chi connectivity index (χ2n) is 4.03. The van der Waals surface area contributed by atoms with E-state index in [4.69, 9.17) is 10.5 Å². The third-order valence-electron chi connectivity index (χ3n) is 2.63. The molecule has 0 fully saturated rings. The molecule has 0 aliphatic carbocycles. The standard InChI is InChI=1S/C13H14N2O3S/c14-12-4-3-10(8-13(12)15(16)17)9-18-6-5-11-2-1-7-19-11/h1-4,7-8H,5-6,9,14H2. The molecule has 1 aromatic heterocycles. The molecule has 0 atom stereocenters. The van der Waals surface area contributed by atoms with Crippen molar-refractivity contribution in [2.45, 2.75) is 13.0 Å². The smallest absolute Gasteiger partial charge is 0.292 e. The topological polar surface area (TPSA) is 78.4 Å². The van der Waals surface area contributed by atoms with Crippen molar-refractivity contribution in [2.24, 2.45) is 0 Å². The van der Waals surface area contributed by atoms with Crippen LogP contribution in [0.1, 0.15) is 10.4 Å². The van der Waals surface area contributed by atoms with Crippen LogP contribution in [0.5, 0.6) is 0 Å². The number of nitro groups is 1. The molecule has 0 bridgehead atoms. The number of ether oxygens (including phenoxy) is 1. The molecule has 1 aromatic carbocycles. The molecular weight excluding hydrogens is 264 g/mol. The Balaban J connectivity index is 1.86. The molecule has 2 aromatic rings. The Morgan fingerprint density at radius 3 is 2.89 bits per heavy atom. The van der Waals surface area contributed by atoms with Crippen LogP contribution in [0.4, 0.5) is 11.4 Å². The van der Waals surface area contributed by atoms with E-state index in [9.17, 15) is 10.1 Å². The Hall–Kier alpha value is -1.92. The monoisotopic (exact) mass is 278 g/mol. The minimum Gasteiger partial charge on any atom is -0.393 e. The van der Waals surface area contributed by atoms with Gasteiger partial charge in [0.2, 0.25) is 0 Å². The first kappa shape index (κ1) is 13.5. The van der Waals surface area contributed by atoms with E-state index in [-0.39, 0.29) is 11.4 Å². The Morgan fingerprint density at radius 1 is 1.37 bits per heavy atom.